The van der Waals surface area contributed by atoms with Gasteiger partial charge in [-0.05, 0) is 68.0 Å². The molecule has 1 unspecified atom stereocenters. The number of benzene rings is 1. The van der Waals surface area contributed by atoms with Gasteiger partial charge in [0.25, 0.3) is 5.91 Å². The van der Waals surface area contributed by atoms with Crippen molar-refractivity contribution in [2.45, 2.75) is 19.3 Å². The molecule has 2 heterocycles. The number of rotatable bonds is 24. The smallest absolute Gasteiger partial charge is 0.264 e. The second-order valence-corrected chi connectivity index (χ2v) is 11.6. The number of nitrogens with zero attached hydrogens (tertiary/aromatic N) is 3. The number of hydrogen-bond acceptors (Lipinski definition) is 10. The van der Waals surface area contributed by atoms with Crippen molar-refractivity contribution in [3.05, 3.63) is 41.2 Å². The molecule has 2 saturated heterocycles. The summed E-state index contributed by atoms with van der Waals surface area (Å²) in [4.78, 5) is 39.3. The molecule has 0 aromatic heterocycles. The zero-order valence-corrected chi connectivity index (χ0v) is 30.1. The van der Waals surface area contributed by atoms with Crippen molar-refractivity contribution in [3.8, 4) is 6.07 Å². The zero-order chi connectivity index (χ0) is 34.2. The van der Waals surface area contributed by atoms with Gasteiger partial charge in [0.05, 0.1) is 72.6 Å². The van der Waals surface area contributed by atoms with E-state index in [0.717, 1.165) is 32.4 Å². The number of halogens is 1. The number of carbonyl (C=O) groups is 2. The van der Waals surface area contributed by atoms with Crippen molar-refractivity contribution in [2.75, 3.05) is 112 Å². The molecule has 2 aliphatic heterocycles. The Morgan fingerprint density at radius 1 is 0.837 bits per heavy atom. The average Bonchev–Trinajstić information content (AvgIpc) is 3.59. The molecule has 0 bridgehead atoms. The minimum atomic E-state index is -0.367. The number of hydrogen-bond donors (Lipinski definition) is 2. The summed E-state index contributed by atoms with van der Waals surface area (Å²) < 4.78 is 40.3. The van der Waals surface area contributed by atoms with Gasteiger partial charge in [0, 0.05) is 64.8 Å². The van der Waals surface area contributed by atoms with Crippen LogP contribution >= 0.6 is 0 Å². The summed E-state index contributed by atoms with van der Waals surface area (Å²) in [5.41, 5.74) is 0.673. The first-order chi connectivity index (χ1) is 23.5. The molecule has 0 saturated carbocycles. The summed E-state index contributed by atoms with van der Waals surface area (Å²) in [5.74, 6) is 0.184. The molecule has 1 radical (unpaired) electrons. The van der Waals surface area contributed by atoms with Crippen molar-refractivity contribution in [1.29, 1.82) is 5.26 Å². The third kappa shape index (κ3) is 18.1. The van der Waals surface area contributed by atoms with Crippen LogP contribution in [0.15, 0.2) is 29.8 Å². The van der Waals surface area contributed by atoms with Crippen LogP contribution in [0.1, 0.15) is 24.8 Å². The van der Waals surface area contributed by atoms with Crippen LogP contribution in [-0.2, 0) is 38.1 Å². The number of carbonyl (C=O) groups excluding carboxylic acids is 3. The fourth-order valence-corrected chi connectivity index (χ4v) is 5.65. The molecule has 1 atom stereocenters. The Bertz CT molecular complexity index is 1160. The quantitative estimate of drug-likeness (QED) is 0.0511. The first-order valence-electron chi connectivity index (χ1n) is 16.6. The molecule has 3 amide bonds. The van der Waals surface area contributed by atoms with Crippen LogP contribution < -0.4 is 10.6 Å². The molecule has 275 valence electrons. The molecule has 15 heteroatoms. The van der Waals surface area contributed by atoms with Crippen LogP contribution in [-0.4, -0.2) is 140 Å². The molecule has 1 aromatic carbocycles. The Kier molecular flexibility index (Phi) is 23.4. The predicted molar refractivity (Wildman–Crippen MR) is 175 cm³/mol. The minimum absolute atomic E-state index is 0. The van der Waals surface area contributed by atoms with Crippen molar-refractivity contribution in [2.24, 2.45) is 11.8 Å². The first kappa shape index (κ1) is 43.0. The van der Waals surface area contributed by atoms with Crippen LogP contribution in [0.5, 0.6) is 0 Å². The van der Waals surface area contributed by atoms with Crippen molar-refractivity contribution in [1.82, 2.24) is 20.4 Å². The molecule has 2 aliphatic rings. The van der Waals surface area contributed by atoms with E-state index < -0.39 is 0 Å². The van der Waals surface area contributed by atoms with Crippen molar-refractivity contribution in [3.63, 3.8) is 0 Å². The van der Waals surface area contributed by atoms with E-state index in [4.69, 9.17) is 23.7 Å². The van der Waals surface area contributed by atoms with Gasteiger partial charge in [-0.2, -0.15) is 11.7 Å². The Hall–Kier alpha value is -2.16. The summed E-state index contributed by atoms with van der Waals surface area (Å²) in [7, 11) is 0. The first-order valence-corrected chi connectivity index (χ1v) is 16.6. The Morgan fingerprint density at radius 3 is 1.92 bits per heavy atom. The molecule has 3 rings (SSSR count). The molecule has 13 nitrogen and oxygen atoms in total. The Balaban J connectivity index is 0.00000833. The van der Waals surface area contributed by atoms with Crippen molar-refractivity contribution < 1.29 is 81.1 Å². The van der Waals surface area contributed by atoms with Gasteiger partial charge in [-0.3, -0.25) is 14.5 Å². The van der Waals surface area contributed by atoms with Gasteiger partial charge >= 0.3 is 0 Å². The number of amides is 3. The normalized spacial score (nSPS) is 16.9. The fraction of sp³-hybridized carbons (Fsp3) is 0.647. The molecule has 0 spiro atoms. The van der Waals surface area contributed by atoms with E-state index >= 15 is 0 Å². The van der Waals surface area contributed by atoms with E-state index in [9.17, 15) is 24.0 Å². The molecule has 2 fully saturated rings. The second kappa shape index (κ2) is 26.6. The standard InChI is InChI=1S/C34H49FN5O8.Tb/c35-32-3-1-28(2-4-32)23-31(24-36)34(43)40-12-7-30(25-40)29-5-10-39(11-6-29)26-33(42)38-9-14-45-16-18-47-20-22-48-21-19-46-17-15-44-13-8-37-27-41;/h1-4,23,29-30H,5-22,25-26H2,(H,37,41)(H,38,42);/q-1;/b31-23-;. The minimum Gasteiger partial charge on any atom is -0.528 e. The van der Waals surface area contributed by atoms with Crippen LogP contribution in [0, 0.1) is 67.6 Å². The number of ether oxygens (including phenoxy) is 5. The number of likely N-dealkylation sites (tertiary alicyclic amines) is 2. The Morgan fingerprint density at radius 2 is 1.37 bits per heavy atom. The third-order valence-corrected chi connectivity index (χ3v) is 8.21. The summed E-state index contributed by atoms with van der Waals surface area (Å²) in [5, 5.41) is 14.9. The maximum Gasteiger partial charge on any atom is 0.264 e. The molecule has 2 N–H and O–H groups in total. The van der Waals surface area contributed by atoms with E-state index in [1.807, 2.05) is 6.07 Å². The SMILES string of the molecule is N#C/C(=C/c1ccc(F)cc1)C(=O)N1CCC(C2CCN(CC(=O)NCCOCCOCCOCCOCCOCCN[C-]=O)CC2)C1.[Tb]. The topological polar surface area (TPSA) is 152 Å². The summed E-state index contributed by atoms with van der Waals surface area (Å²) in [6.45, 7) is 8.58. The van der Waals surface area contributed by atoms with Gasteiger partial charge < -0.3 is 44.0 Å². The van der Waals surface area contributed by atoms with Gasteiger partial charge in [-0.1, -0.05) is 12.1 Å². The molecule has 0 aliphatic carbocycles. The number of nitrogens with one attached hydrogen (secondary N) is 2. The van der Waals surface area contributed by atoms with Gasteiger partial charge in [0.1, 0.15) is 17.5 Å². The predicted octanol–water partition coefficient (Wildman–Crippen LogP) is 1.15. The molecular formula is C34H49FN5O8Tb-. The zero-order valence-electron chi connectivity index (χ0n) is 28.0. The average molecular weight is 834 g/mol. The monoisotopic (exact) mass is 833 g/mol. The van der Waals surface area contributed by atoms with Gasteiger partial charge in [-0.25, -0.2) is 4.39 Å². The maximum atomic E-state index is 13.2. The second-order valence-electron chi connectivity index (χ2n) is 11.6. The largest absolute Gasteiger partial charge is 0.528 e. The van der Waals surface area contributed by atoms with Crippen LogP contribution in [0.25, 0.3) is 6.08 Å². The van der Waals surface area contributed by atoms with E-state index in [1.165, 1.54) is 18.2 Å². The summed E-state index contributed by atoms with van der Waals surface area (Å²) >= 11 is 0. The summed E-state index contributed by atoms with van der Waals surface area (Å²) in [6.07, 6.45) is 5.93. The van der Waals surface area contributed by atoms with E-state index in [1.54, 1.807) is 23.4 Å². The van der Waals surface area contributed by atoms with Gasteiger partial charge in [0.2, 0.25) is 5.91 Å². The third-order valence-electron chi connectivity index (χ3n) is 8.21. The van der Waals surface area contributed by atoms with Crippen molar-refractivity contribution >= 4 is 24.3 Å². The number of nitriles is 1. The molecule has 49 heavy (non-hydrogen) atoms. The number of piperidine rings is 1. The van der Waals surface area contributed by atoms with E-state index in [0.29, 0.717) is 116 Å². The molecule has 1 aromatic rings. The Labute approximate surface area is 319 Å². The van der Waals surface area contributed by atoms with Crippen LogP contribution in [0.4, 0.5) is 4.39 Å². The fourth-order valence-electron chi connectivity index (χ4n) is 5.65. The van der Waals surface area contributed by atoms with Crippen LogP contribution in [0.3, 0.4) is 0 Å². The van der Waals surface area contributed by atoms with Gasteiger partial charge in [-0.15, -0.1) is 0 Å². The maximum absolute atomic E-state index is 13.2. The van der Waals surface area contributed by atoms with Crippen LogP contribution in [0.2, 0.25) is 0 Å². The van der Waals surface area contributed by atoms with E-state index in [2.05, 4.69) is 15.5 Å². The van der Waals surface area contributed by atoms with E-state index in [-0.39, 0.29) is 61.8 Å². The molecular weight excluding hydrogens is 784 g/mol. The van der Waals surface area contributed by atoms with Gasteiger partial charge in [0.15, 0.2) is 0 Å². The summed E-state index contributed by atoms with van der Waals surface area (Å²) in [6, 6.07) is 7.72.